The quantitative estimate of drug-likeness (QED) is 0.370. The summed E-state index contributed by atoms with van der Waals surface area (Å²) in [5.41, 5.74) is 0.418. The summed E-state index contributed by atoms with van der Waals surface area (Å²) in [6.45, 7) is 4.32. The second-order valence-electron chi connectivity index (χ2n) is 4.08. The highest BCUT2D eigenvalue weighted by molar-refractivity contribution is 6.32. The maximum absolute atomic E-state index is 11.7. The molecule has 0 unspecified atom stereocenters. The van der Waals surface area contributed by atoms with Crippen molar-refractivity contribution in [1.29, 1.82) is 5.26 Å². The van der Waals surface area contributed by atoms with Gasteiger partial charge >= 0.3 is 5.97 Å². The lowest BCUT2D eigenvalue weighted by molar-refractivity contribution is -0.137. The van der Waals surface area contributed by atoms with Crippen molar-refractivity contribution in [1.82, 2.24) is 0 Å². The van der Waals surface area contributed by atoms with Gasteiger partial charge in [-0.05, 0) is 23.8 Å². The van der Waals surface area contributed by atoms with Crippen molar-refractivity contribution in [3.63, 3.8) is 0 Å². The molecule has 0 N–H and O–H groups in total. The summed E-state index contributed by atoms with van der Waals surface area (Å²) in [7, 11) is 0. The maximum Gasteiger partial charge on any atom is 0.349 e. The smallest absolute Gasteiger partial charge is 0.349 e. The molecule has 1 aromatic rings. The van der Waals surface area contributed by atoms with E-state index in [1.165, 1.54) is 12.2 Å². The van der Waals surface area contributed by atoms with Gasteiger partial charge < -0.3 is 14.2 Å². The summed E-state index contributed by atoms with van der Waals surface area (Å²) < 4.78 is 15.7. The molecule has 0 fully saturated rings. The van der Waals surface area contributed by atoms with E-state index in [1.54, 1.807) is 18.2 Å². The molecule has 0 aliphatic carbocycles. The molecular weight excluding hydrogens is 294 g/mol. The number of ether oxygens (including phenoxy) is 3. The fourth-order valence-corrected chi connectivity index (χ4v) is 2.00. The lowest BCUT2D eigenvalue weighted by Gasteiger charge is -2.19. The fourth-order valence-electron chi connectivity index (χ4n) is 1.73. The summed E-state index contributed by atoms with van der Waals surface area (Å²) in [4.78, 5) is 11.7. The Morgan fingerprint density at radius 3 is 2.95 bits per heavy atom. The minimum Gasteiger partial charge on any atom is -0.486 e. The molecule has 0 spiro atoms. The van der Waals surface area contributed by atoms with E-state index >= 15 is 0 Å². The van der Waals surface area contributed by atoms with Crippen molar-refractivity contribution in [2.24, 2.45) is 0 Å². The highest BCUT2D eigenvalue weighted by Crippen LogP contribution is 2.38. The maximum atomic E-state index is 11.7. The summed E-state index contributed by atoms with van der Waals surface area (Å²) in [5, 5.41) is 9.39. The van der Waals surface area contributed by atoms with Crippen molar-refractivity contribution >= 4 is 23.6 Å². The van der Waals surface area contributed by atoms with Crippen LogP contribution in [-0.4, -0.2) is 25.8 Å². The Hall–Kier alpha value is -2.45. The molecule has 1 aliphatic rings. The van der Waals surface area contributed by atoms with Crippen LogP contribution < -0.4 is 9.47 Å². The first-order chi connectivity index (χ1) is 10.2. The van der Waals surface area contributed by atoms with Crippen molar-refractivity contribution in [3.8, 4) is 17.6 Å². The van der Waals surface area contributed by atoms with Gasteiger partial charge in [-0.3, -0.25) is 0 Å². The molecule has 0 aromatic heterocycles. The number of hydrogen-bond donors (Lipinski definition) is 0. The van der Waals surface area contributed by atoms with Gasteiger partial charge in [-0.15, -0.1) is 0 Å². The van der Waals surface area contributed by atoms with Gasteiger partial charge in [0.05, 0.1) is 5.02 Å². The molecule has 1 aliphatic heterocycles. The van der Waals surface area contributed by atoms with Crippen molar-refractivity contribution < 1.29 is 19.0 Å². The highest BCUT2D eigenvalue weighted by atomic mass is 35.5. The van der Waals surface area contributed by atoms with E-state index in [9.17, 15) is 4.79 Å². The molecule has 5 nitrogen and oxygen atoms in total. The van der Waals surface area contributed by atoms with Gasteiger partial charge in [0.15, 0.2) is 11.5 Å². The molecular formula is C15H12ClNO4. The number of carbonyl (C=O) groups excluding carboxylic acids is 1. The molecule has 0 bridgehead atoms. The third-order valence-electron chi connectivity index (χ3n) is 2.60. The molecule has 0 saturated heterocycles. The zero-order valence-corrected chi connectivity index (χ0v) is 11.9. The molecule has 1 heterocycles. The van der Waals surface area contributed by atoms with Crippen molar-refractivity contribution in [2.45, 2.75) is 0 Å². The number of rotatable bonds is 4. The van der Waals surface area contributed by atoms with Crippen LogP contribution in [0.5, 0.6) is 11.5 Å². The Morgan fingerprint density at radius 1 is 1.48 bits per heavy atom. The lowest BCUT2D eigenvalue weighted by Crippen LogP contribution is -2.15. The highest BCUT2D eigenvalue weighted by Gasteiger charge is 2.17. The van der Waals surface area contributed by atoms with E-state index in [1.807, 2.05) is 0 Å². The summed E-state index contributed by atoms with van der Waals surface area (Å²) in [5.74, 6) is 0.230. The number of esters is 1. The lowest BCUT2D eigenvalue weighted by atomic mass is 10.1. The van der Waals surface area contributed by atoms with Crippen LogP contribution in [0.4, 0.5) is 0 Å². The first-order valence-corrected chi connectivity index (χ1v) is 6.52. The summed E-state index contributed by atoms with van der Waals surface area (Å²) in [6, 6.07) is 5.04. The number of nitrogens with zero attached hydrogens (tertiary/aromatic N) is 1. The second-order valence-corrected chi connectivity index (χ2v) is 4.49. The van der Waals surface area contributed by atoms with Gasteiger partial charge in [0, 0.05) is 0 Å². The zero-order chi connectivity index (χ0) is 15.2. The van der Waals surface area contributed by atoms with E-state index in [0.717, 1.165) is 0 Å². The Kier molecular flexibility index (Phi) is 4.85. The average molecular weight is 306 g/mol. The van der Waals surface area contributed by atoms with Crippen molar-refractivity contribution in [2.75, 3.05) is 19.8 Å². The number of carbonyl (C=O) groups is 1. The minimum atomic E-state index is -0.719. The van der Waals surface area contributed by atoms with E-state index in [4.69, 9.17) is 31.1 Å². The Bertz CT molecular complexity index is 646. The van der Waals surface area contributed by atoms with Crippen LogP contribution in [0.1, 0.15) is 5.56 Å². The SMILES string of the molecule is C=CCOC(=O)C(C#N)=Cc1cc(Cl)c2c(c1)OCCO2. The molecule has 0 amide bonds. The van der Waals surface area contributed by atoms with Crippen LogP contribution in [0, 0.1) is 11.3 Å². The Balaban J connectivity index is 2.30. The van der Waals surface area contributed by atoms with Crippen molar-refractivity contribution in [3.05, 3.63) is 40.9 Å². The first-order valence-electron chi connectivity index (χ1n) is 6.14. The van der Waals surface area contributed by atoms with Crippen LogP contribution in [0.25, 0.3) is 6.08 Å². The standard InChI is InChI=1S/C15H12ClNO4/c1-2-3-21-15(18)11(9-17)6-10-7-12(16)14-13(8-10)19-4-5-20-14/h2,6-8H,1,3-5H2. The van der Waals surface area contributed by atoms with Gasteiger partial charge in [-0.2, -0.15) is 5.26 Å². The van der Waals surface area contributed by atoms with Crippen LogP contribution in [-0.2, 0) is 9.53 Å². The number of benzene rings is 1. The Labute approximate surface area is 127 Å². The van der Waals surface area contributed by atoms with Crippen LogP contribution in [0.3, 0.4) is 0 Å². The van der Waals surface area contributed by atoms with Gasteiger partial charge in [0.1, 0.15) is 31.5 Å². The zero-order valence-electron chi connectivity index (χ0n) is 11.1. The molecule has 21 heavy (non-hydrogen) atoms. The fraction of sp³-hybridized carbons (Fsp3) is 0.200. The van der Waals surface area contributed by atoms with E-state index in [2.05, 4.69) is 6.58 Å². The largest absolute Gasteiger partial charge is 0.486 e. The van der Waals surface area contributed by atoms with Crippen LogP contribution >= 0.6 is 11.6 Å². The molecule has 108 valence electrons. The molecule has 1 aromatic carbocycles. The minimum absolute atomic E-state index is 0.0414. The topological polar surface area (TPSA) is 68.6 Å². The molecule has 2 rings (SSSR count). The van der Waals surface area contributed by atoms with Crippen LogP contribution in [0.15, 0.2) is 30.4 Å². The Morgan fingerprint density at radius 2 is 2.24 bits per heavy atom. The first kappa shape index (κ1) is 14.9. The number of nitriles is 1. The monoisotopic (exact) mass is 305 g/mol. The average Bonchev–Trinajstić information content (AvgIpc) is 2.50. The predicted molar refractivity (Wildman–Crippen MR) is 77.2 cm³/mol. The summed E-state index contributed by atoms with van der Waals surface area (Å²) in [6.07, 6.45) is 2.81. The van der Waals surface area contributed by atoms with Gasteiger partial charge in [-0.1, -0.05) is 24.3 Å². The molecule has 0 radical (unpaired) electrons. The molecule has 0 saturated carbocycles. The van der Waals surface area contributed by atoms with E-state index in [-0.39, 0.29) is 12.2 Å². The predicted octanol–water partition coefficient (Wildman–Crippen LogP) is 2.75. The van der Waals surface area contributed by atoms with Crippen LogP contribution in [0.2, 0.25) is 5.02 Å². The third-order valence-corrected chi connectivity index (χ3v) is 2.88. The van der Waals surface area contributed by atoms with E-state index in [0.29, 0.717) is 35.3 Å². The summed E-state index contributed by atoms with van der Waals surface area (Å²) >= 11 is 6.09. The number of fused-ring (bicyclic) bond motifs is 1. The molecule has 0 atom stereocenters. The number of halogens is 1. The molecule has 6 heteroatoms. The van der Waals surface area contributed by atoms with Gasteiger partial charge in [0.2, 0.25) is 0 Å². The van der Waals surface area contributed by atoms with E-state index < -0.39 is 5.97 Å². The van der Waals surface area contributed by atoms with Gasteiger partial charge in [0.25, 0.3) is 0 Å². The second kappa shape index (κ2) is 6.82. The van der Waals surface area contributed by atoms with Gasteiger partial charge in [-0.25, -0.2) is 4.79 Å². The third kappa shape index (κ3) is 3.56. The normalized spacial score (nSPS) is 13.2. The number of hydrogen-bond acceptors (Lipinski definition) is 5.